The number of aromatic nitrogens is 3. The molecule has 2 aromatic rings. The number of hydrogen-bond acceptors (Lipinski definition) is 4. The second-order valence-electron chi connectivity index (χ2n) is 4.73. The van der Waals surface area contributed by atoms with Crippen LogP contribution in [0.2, 0.25) is 0 Å². The Bertz CT molecular complexity index is 538. The molecule has 2 unspecified atom stereocenters. The van der Waals surface area contributed by atoms with Gasteiger partial charge in [0.15, 0.2) is 0 Å². The molecule has 5 heteroatoms. The van der Waals surface area contributed by atoms with Crippen molar-refractivity contribution in [3.05, 3.63) is 41.2 Å². The Morgan fingerprint density at radius 2 is 2.16 bits per heavy atom. The minimum absolute atomic E-state index is 0.0885. The minimum atomic E-state index is 0.0885. The third-order valence-corrected chi connectivity index (χ3v) is 4.31. The maximum absolute atomic E-state index is 6.27. The summed E-state index contributed by atoms with van der Waals surface area (Å²) in [4.78, 5) is 4.36. The van der Waals surface area contributed by atoms with Crippen LogP contribution >= 0.6 is 11.8 Å². The SMILES string of the molecule is CCC(N)C(Sc1n[nH]c(C)n1)c1cccc(C)c1. The number of rotatable bonds is 5. The van der Waals surface area contributed by atoms with Gasteiger partial charge in [0, 0.05) is 6.04 Å². The normalized spacial score (nSPS) is 14.3. The Labute approximate surface area is 118 Å². The van der Waals surface area contributed by atoms with Crippen molar-refractivity contribution in [2.45, 2.75) is 43.6 Å². The van der Waals surface area contributed by atoms with Crippen LogP contribution < -0.4 is 5.73 Å². The first-order valence-corrected chi connectivity index (χ1v) is 7.36. The molecule has 0 saturated heterocycles. The quantitative estimate of drug-likeness (QED) is 0.824. The van der Waals surface area contributed by atoms with E-state index < -0.39 is 0 Å². The van der Waals surface area contributed by atoms with Crippen LogP contribution in [0.25, 0.3) is 0 Å². The standard InChI is InChI=1S/C14H20N4S/c1-4-12(15)13(11-7-5-6-9(2)8-11)19-14-16-10(3)17-18-14/h5-8,12-13H,4,15H2,1-3H3,(H,16,17,18). The molecule has 0 radical (unpaired) electrons. The van der Waals surface area contributed by atoms with E-state index in [1.807, 2.05) is 6.92 Å². The summed E-state index contributed by atoms with van der Waals surface area (Å²) in [5, 5.41) is 8.00. The lowest BCUT2D eigenvalue weighted by Gasteiger charge is -2.21. The van der Waals surface area contributed by atoms with Gasteiger partial charge >= 0.3 is 0 Å². The van der Waals surface area contributed by atoms with E-state index in [0.717, 1.165) is 17.4 Å². The molecule has 0 aliphatic carbocycles. The lowest BCUT2D eigenvalue weighted by Crippen LogP contribution is -2.25. The van der Waals surface area contributed by atoms with Gasteiger partial charge in [0.2, 0.25) is 5.16 Å². The zero-order valence-electron chi connectivity index (χ0n) is 11.6. The number of benzene rings is 1. The molecule has 19 heavy (non-hydrogen) atoms. The van der Waals surface area contributed by atoms with Gasteiger partial charge in [0.25, 0.3) is 0 Å². The molecule has 0 aliphatic heterocycles. The molecule has 0 saturated carbocycles. The molecule has 1 heterocycles. The highest BCUT2D eigenvalue weighted by Crippen LogP contribution is 2.36. The number of nitrogens with one attached hydrogen (secondary N) is 1. The predicted octanol–water partition coefficient (Wildman–Crippen LogP) is 2.99. The van der Waals surface area contributed by atoms with Gasteiger partial charge in [-0.3, -0.25) is 5.10 Å². The summed E-state index contributed by atoms with van der Waals surface area (Å²) in [5.74, 6) is 0.829. The van der Waals surface area contributed by atoms with Crippen LogP contribution in [0.1, 0.15) is 35.5 Å². The maximum Gasteiger partial charge on any atom is 0.209 e. The number of H-pyrrole nitrogens is 1. The highest BCUT2D eigenvalue weighted by Gasteiger charge is 2.21. The molecule has 0 aliphatic rings. The molecule has 3 N–H and O–H groups in total. The Morgan fingerprint density at radius 1 is 1.37 bits per heavy atom. The second-order valence-corrected chi connectivity index (χ2v) is 5.84. The number of aryl methyl sites for hydroxylation is 2. The smallest absolute Gasteiger partial charge is 0.209 e. The van der Waals surface area contributed by atoms with Gasteiger partial charge in [-0.1, -0.05) is 48.5 Å². The molecular formula is C14H20N4S. The highest BCUT2D eigenvalue weighted by molar-refractivity contribution is 7.99. The average molecular weight is 276 g/mol. The van der Waals surface area contributed by atoms with Crippen LogP contribution in [0, 0.1) is 13.8 Å². The molecule has 1 aromatic carbocycles. The second kappa shape index (κ2) is 6.21. The summed E-state index contributed by atoms with van der Waals surface area (Å²) in [7, 11) is 0. The molecule has 2 rings (SSSR count). The Balaban J connectivity index is 2.25. The Hall–Kier alpha value is -1.33. The lowest BCUT2D eigenvalue weighted by molar-refractivity contribution is 0.632. The van der Waals surface area contributed by atoms with Crippen molar-refractivity contribution < 1.29 is 0 Å². The van der Waals surface area contributed by atoms with E-state index in [9.17, 15) is 0 Å². The van der Waals surface area contributed by atoms with Crippen LogP contribution in [-0.4, -0.2) is 21.2 Å². The number of aromatic amines is 1. The van der Waals surface area contributed by atoms with Gasteiger partial charge < -0.3 is 5.73 Å². The van der Waals surface area contributed by atoms with Gasteiger partial charge in [0.1, 0.15) is 5.82 Å². The molecule has 1 aromatic heterocycles. The summed E-state index contributed by atoms with van der Waals surface area (Å²) in [6.45, 7) is 6.11. The first kappa shape index (κ1) is 14.1. The topological polar surface area (TPSA) is 67.6 Å². The maximum atomic E-state index is 6.27. The van der Waals surface area contributed by atoms with Crippen LogP contribution in [0.15, 0.2) is 29.4 Å². The minimum Gasteiger partial charge on any atom is -0.326 e. The van der Waals surface area contributed by atoms with E-state index in [2.05, 4.69) is 53.3 Å². The van der Waals surface area contributed by atoms with Gasteiger partial charge in [-0.2, -0.15) is 0 Å². The average Bonchev–Trinajstić information content (AvgIpc) is 2.80. The molecule has 0 fully saturated rings. The van der Waals surface area contributed by atoms with Gasteiger partial charge in [-0.15, -0.1) is 5.10 Å². The third-order valence-electron chi connectivity index (χ3n) is 3.04. The van der Waals surface area contributed by atoms with Crippen molar-refractivity contribution in [2.24, 2.45) is 5.73 Å². The van der Waals surface area contributed by atoms with Gasteiger partial charge in [-0.25, -0.2) is 4.98 Å². The zero-order chi connectivity index (χ0) is 13.8. The Morgan fingerprint density at radius 3 is 2.74 bits per heavy atom. The first-order valence-electron chi connectivity index (χ1n) is 6.48. The summed E-state index contributed by atoms with van der Waals surface area (Å²) in [6, 6.07) is 8.57. The lowest BCUT2D eigenvalue weighted by atomic mass is 10.0. The predicted molar refractivity (Wildman–Crippen MR) is 79.2 cm³/mol. The van der Waals surface area contributed by atoms with Gasteiger partial charge in [-0.05, 0) is 25.8 Å². The van der Waals surface area contributed by atoms with E-state index in [0.29, 0.717) is 0 Å². The van der Waals surface area contributed by atoms with Crippen molar-refractivity contribution >= 4 is 11.8 Å². The molecule has 4 nitrogen and oxygen atoms in total. The van der Waals surface area contributed by atoms with Crippen molar-refractivity contribution in [3.8, 4) is 0 Å². The third kappa shape index (κ3) is 3.58. The van der Waals surface area contributed by atoms with Crippen LogP contribution in [-0.2, 0) is 0 Å². The van der Waals surface area contributed by atoms with E-state index in [4.69, 9.17) is 5.73 Å². The van der Waals surface area contributed by atoms with Gasteiger partial charge in [0.05, 0.1) is 5.25 Å². The fourth-order valence-electron chi connectivity index (χ4n) is 1.95. The van der Waals surface area contributed by atoms with Crippen LogP contribution in [0.3, 0.4) is 0 Å². The number of nitrogens with two attached hydrogens (primary N) is 1. The van der Waals surface area contributed by atoms with Crippen molar-refractivity contribution in [3.63, 3.8) is 0 Å². The molecule has 102 valence electrons. The van der Waals surface area contributed by atoms with E-state index in [1.54, 1.807) is 11.8 Å². The molecular weight excluding hydrogens is 256 g/mol. The summed E-state index contributed by atoms with van der Waals surface area (Å²) >= 11 is 1.63. The molecule has 0 bridgehead atoms. The fraction of sp³-hybridized carbons (Fsp3) is 0.429. The summed E-state index contributed by atoms with van der Waals surface area (Å²) in [6.07, 6.45) is 0.926. The van der Waals surface area contributed by atoms with Crippen molar-refractivity contribution in [2.75, 3.05) is 0 Å². The van der Waals surface area contributed by atoms with E-state index >= 15 is 0 Å². The monoisotopic (exact) mass is 276 g/mol. The van der Waals surface area contributed by atoms with Crippen molar-refractivity contribution in [1.29, 1.82) is 0 Å². The number of nitrogens with zero attached hydrogens (tertiary/aromatic N) is 2. The number of thioether (sulfide) groups is 1. The first-order chi connectivity index (χ1) is 9.10. The molecule has 0 spiro atoms. The number of hydrogen-bond donors (Lipinski definition) is 2. The summed E-state index contributed by atoms with van der Waals surface area (Å²) in [5.41, 5.74) is 8.75. The molecule has 2 atom stereocenters. The largest absolute Gasteiger partial charge is 0.326 e. The van der Waals surface area contributed by atoms with E-state index in [1.165, 1.54) is 11.1 Å². The van der Waals surface area contributed by atoms with E-state index in [-0.39, 0.29) is 11.3 Å². The van der Waals surface area contributed by atoms with Crippen LogP contribution in [0.4, 0.5) is 0 Å². The molecule has 0 amide bonds. The highest BCUT2D eigenvalue weighted by atomic mass is 32.2. The summed E-state index contributed by atoms with van der Waals surface area (Å²) < 4.78 is 0. The van der Waals surface area contributed by atoms with Crippen molar-refractivity contribution in [1.82, 2.24) is 15.2 Å². The zero-order valence-corrected chi connectivity index (χ0v) is 12.4. The Kier molecular flexibility index (Phi) is 4.61. The van der Waals surface area contributed by atoms with Crippen LogP contribution in [0.5, 0.6) is 0 Å². The fourth-order valence-corrected chi connectivity index (χ4v) is 3.12.